The van der Waals surface area contributed by atoms with E-state index in [-0.39, 0.29) is 24.2 Å². The lowest BCUT2D eigenvalue weighted by atomic mass is 10.1. The summed E-state index contributed by atoms with van der Waals surface area (Å²) in [6, 6.07) is 12.2. The number of rotatable bonds is 6. The number of pyridine rings is 1. The van der Waals surface area contributed by atoms with Crippen molar-refractivity contribution in [1.29, 1.82) is 0 Å². The number of para-hydroxylation sites is 1. The minimum atomic E-state index is -0.431. The van der Waals surface area contributed by atoms with Gasteiger partial charge in [0.2, 0.25) is 0 Å². The first-order valence-corrected chi connectivity index (χ1v) is 10.6. The second kappa shape index (κ2) is 8.27. The van der Waals surface area contributed by atoms with E-state index in [1.165, 1.54) is 11.0 Å². The van der Waals surface area contributed by atoms with Crippen LogP contribution < -0.4 is 0 Å². The lowest BCUT2D eigenvalue weighted by molar-refractivity contribution is -0.385. The summed E-state index contributed by atoms with van der Waals surface area (Å²) in [5, 5.41) is 18.4. The maximum atomic E-state index is 13.4. The van der Waals surface area contributed by atoms with E-state index >= 15 is 0 Å². The van der Waals surface area contributed by atoms with Crippen molar-refractivity contribution < 1.29 is 9.72 Å². The average Bonchev–Trinajstić information content (AvgIpc) is 3.42. The summed E-state index contributed by atoms with van der Waals surface area (Å²) in [7, 11) is 1.64. The molecular formula is C22H21N5O3S. The van der Waals surface area contributed by atoms with Crippen molar-refractivity contribution >= 4 is 34.0 Å². The minimum absolute atomic E-state index is 0.00562. The molecule has 0 unspecified atom stereocenters. The van der Waals surface area contributed by atoms with Crippen LogP contribution in [0.2, 0.25) is 0 Å². The Morgan fingerprint density at radius 1 is 1.26 bits per heavy atom. The van der Waals surface area contributed by atoms with Crippen molar-refractivity contribution in [2.45, 2.75) is 26.4 Å². The van der Waals surface area contributed by atoms with Crippen molar-refractivity contribution in [3.05, 3.63) is 75.3 Å². The second-order valence-corrected chi connectivity index (χ2v) is 8.45. The fourth-order valence-corrected chi connectivity index (χ4v) is 4.17. The van der Waals surface area contributed by atoms with E-state index < -0.39 is 4.92 Å². The fourth-order valence-electron chi connectivity index (χ4n) is 3.48. The van der Waals surface area contributed by atoms with Gasteiger partial charge in [-0.25, -0.2) is 9.67 Å². The van der Waals surface area contributed by atoms with Crippen LogP contribution in [0.15, 0.2) is 54.0 Å². The van der Waals surface area contributed by atoms with Crippen LogP contribution in [0.1, 0.15) is 35.8 Å². The summed E-state index contributed by atoms with van der Waals surface area (Å²) >= 11 is 1.55. The van der Waals surface area contributed by atoms with Crippen molar-refractivity contribution in [2.75, 3.05) is 7.05 Å². The highest BCUT2D eigenvalue weighted by Crippen LogP contribution is 2.30. The summed E-state index contributed by atoms with van der Waals surface area (Å²) in [5.41, 5.74) is 2.29. The molecule has 0 aliphatic rings. The topological polar surface area (TPSA) is 94.2 Å². The van der Waals surface area contributed by atoms with Gasteiger partial charge in [0.1, 0.15) is 0 Å². The number of fused-ring (bicyclic) bond motifs is 1. The normalized spacial score (nSPS) is 11.2. The number of nitro groups is 1. The number of nitrogens with zero attached hydrogens (tertiary/aromatic N) is 5. The molecule has 0 atom stereocenters. The van der Waals surface area contributed by atoms with E-state index in [9.17, 15) is 14.9 Å². The molecule has 3 heterocycles. The first-order chi connectivity index (χ1) is 14.9. The molecule has 4 rings (SSSR count). The predicted octanol–water partition coefficient (Wildman–Crippen LogP) is 4.92. The number of amides is 1. The lowest BCUT2D eigenvalue weighted by Gasteiger charge is -2.18. The van der Waals surface area contributed by atoms with Crippen molar-refractivity contribution in [2.24, 2.45) is 0 Å². The molecule has 158 valence electrons. The minimum Gasteiger partial charge on any atom is -0.337 e. The van der Waals surface area contributed by atoms with Crippen molar-refractivity contribution in [3.63, 3.8) is 0 Å². The largest absolute Gasteiger partial charge is 0.337 e. The molecule has 0 fully saturated rings. The Morgan fingerprint density at radius 3 is 2.71 bits per heavy atom. The number of hydrogen-bond acceptors (Lipinski definition) is 6. The molecular weight excluding hydrogens is 414 g/mol. The second-order valence-electron chi connectivity index (χ2n) is 7.50. The Hall–Kier alpha value is -3.59. The van der Waals surface area contributed by atoms with E-state index in [0.717, 1.165) is 4.88 Å². The van der Waals surface area contributed by atoms with E-state index in [1.54, 1.807) is 53.5 Å². The van der Waals surface area contributed by atoms with Gasteiger partial charge in [-0.2, -0.15) is 5.10 Å². The van der Waals surface area contributed by atoms with Crippen LogP contribution in [0, 0.1) is 10.1 Å². The number of thiophene rings is 1. The van der Waals surface area contributed by atoms with Crippen LogP contribution in [0.4, 0.5) is 5.69 Å². The Balaban J connectivity index is 1.78. The molecule has 0 radical (unpaired) electrons. The lowest BCUT2D eigenvalue weighted by Crippen LogP contribution is -2.27. The van der Waals surface area contributed by atoms with Crippen molar-refractivity contribution in [1.82, 2.24) is 19.7 Å². The Morgan fingerprint density at radius 2 is 2.03 bits per heavy atom. The molecule has 0 spiro atoms. The van der Waals surface area contributed by atoms with Gasteiger partial charge in [0.15, 0.2) is 5.65 Å². The molecule has 0 N–H and O–H groups in total. The van der Waals surface area contributed by atoms with E-state index in [1.807, 2.05) is 31.4 Å². The third-order valence-electron chi connectivity index (χ3n) is 5.00. The molecule has 0 aliphatic carbocycles. The number of benzene rings is 1. The van der Waals surface area contributed by atoms with Crippen LogP contribution in [-0.4, -0.2) is 37.5 Å². The van der Waals surface area contributed by atoms with Gasteiger partial charge >= 0.3 is 0 Å². The van der Waals surface area contributed by atoms with E-state index in [0.29, 0.717) is 27.9 Å². The number of carbonyl (C=O) groups excluding carboxylic acids is 1. The van der Waals surface area contributed by atoms with Gasteiger partial charge in [-0.3, -0.25) is 14.9 Å². The van der Waals surface area contributed by atoms with Gasteiger partial charge in [0.25, 0.3) is 11.6 Å². The highest BCUT2D eigenvalue weighted by Gasteiger charge is 2.23. The first-order valence-electron chi connectivity index (χ1n) is 9.76. The molecule has 0 aliphatic heterocycles. The van der Waals surface area contributed by atoms with Crippen LogP contribution in [-0.2, 0) is 6.54 Å². The Labute approximate surface area is 182 Å². The standard InChI is InChI=1S/C22H21N5O3S/c1-14(2)26-21-17(12-23-26)16(11-18(24-21)20-9-6-10-31-20)22(28)25(3)13-15-7-4-5-8-19(15)27(29)30/h4-12,14H,13H2,1-3H3. The molecule has 0 saturated carbocycles. The zero-order chi connectivity index (χ0) is 22.1. The maximum absolute atomic E-state index is 13.4. The summed E-state index contributed by atoms with van der Waals surface area (Å²) < 4.78 is 1.80. The summed E-state index contributed by atoms with van der Waals surface area (Å²) in [4.78, 5) is 31.6. The quantitative estimate of drug-likeness (QED) is 0.316. The summed E-state index contributed by atoms with van der Waals surface area (Å²) in [5.74, 6) is -0.244. The third kappa shape index (κ3) is 3.91. The highest BCUT2D eigenvalue weighted by molar-refractivity contribution is 7.13. The molecule has 3 aromatic heterocycles. The van der Waals surface area contributed by atoms with Crippen LogP contribution in [0.3, 0.4) is 0 Å². The first kappa shape index (κ1) is 20.7. The molecule has 31 heavy (non-hydrogen) atoms. The smallest absolute Gasteiger partial charge is 0.274 e. The van der Waals surface area contributed by atoms with Gasteiger partial charge in [-0.1, -0.05) is 24.3 Å². The van der Waals surface area contributed by atoms with Gasteiger partial charge in [-0.15, -0.1) is 11.3 Å². The van der Waals surface area contributed by atoms with Gasteiger partial charge in [0.05, 0.1) is 39.2 Å². The Kier molecular flexibility index (Phi) is 5.51. The molecule has 0 saturated heterocycles. The third-order valence-corrected chi connectivity index (χ3v) is 5.89. The van der Waals surface area contributed by atoms with E-state index in [2.05, 4.69) is 5.10 Å². The fraction of sp³-hybridized carbons (Fsp3) is 0.227. The molecule has 8 nitrogen and oxygen atoms in total. The number of carbonyl (C=O) groups is 1. The van der Waals surface area contributed by atoms with Crippen LogP contribution in [0.5, 0.6) is 0 Å². The van der Waals surface area contributed by atoms with Gasteiger partial charge in [-0.05, 0) is 31.4 Å². The maximum Gasteiger partial charge on any atom is 0.274 e. The molecule has 9 heteroatoms. The van der Waals surface area contributed by atoms with Crippen molar-refractivity contribution in [3.8, 4) is 10.6 Å². The number of aromatic nitrogens is 3. The molecule has 1 amide bonds. The zero-order valence-electron chi connectivity index (χ0n) is 17.3. The average molecular weight is 436 g/mol. The van der Waals surface area contributed by atoms with Gasteiger partial charge < -0.3 is 4.90 Å². The summed E-state index contributed by atoms with van der Waals surface area (Å²) in [6.45, 7) is 4.13. The Bertz CT molecular complexity index is 1260. The number of nitro benzene ring substituents is 1. The van der Waals surface area contributed by atoms with Crippen LogP contribution >= 0.6 is 11.3 Å². The van der Waals surface area contributed by atoms with Gasteiger partial charge in [0, 0.05) is 24.7 Å². The summed E-state index contributed by atoms with van der Waals surface area (Å²) in [6.07, 6.45) is 1.66. The van der Waals surface area contributed by atoms with Crippen LogP contribution in [0.25, 0.3) is 21.6 Å². The van der Waals surface area contributed by atoms with E-state index in [4.69, 9.17) is 4.98 Å². The predicted molar refractivity (Wildman–Crippen MR) is 120 cm³/mol. The molecule has 4 aromatic rings. The zero-order valence-corrected chi connectivity index (χ0v) is 18.2. The molecule has 0 bridgehead atoms. The SMILES string of the molecule is CC(C)n1ncc2c(C(=O)N(C)Cc3ccccc3[N+](=O)[O-])cc(-c3cccs3)nc21. The molecule has 1 aromatic carbocycles. The monoisotopic (exact) mass is 435 g/mol. The number of hydrogen-bond donors (Lipinski definition) is 0. The highest BCUT2D eigenvalue weighted by atomic mass is 32.1.